The van der Waals surface area contributed by atoms with Crippen molar-refractivity contribution in [2.45, 2.75) is 46.8 Å². The number of hydrogen-bond donors (Lipinski definition) is 1. The predicted molar refractivity (Wildman–Crippen MR) is 79.6 cm³/mol. The lowest BCUT2D eigenvalue weighted by molar-refractivity contribution is 0.189. The Morgan fingerprint density at radius 2 is 1.56 bits per heavy atom. The second kappa shape index (κ2) is 7.55. The summed E-state index contributed by atoms with van der Waals surface area (Å²) in [7, 11) is 1.98. The Kier molecular flexibility index (Phi) is 6.37. The van der Waals surface area contributed by atoms with Crippen LogP contribution in [-0.4, -0.2) is 24.5 Å². The molecule has 0 amide bonds. The number of hydrogen-bond acceptors (Lipinski definition) is 2. The maximum absolute atomic E-state index is 3.18. The predicted octanol–water partition coefficient (Wildman–Crippen LogP) is 3.27. The molecule has 0 saturated carbocycles. The van der Waals surface area contributed by atoms with Crippen molar-refractivity contribution >= 4 is 0 Å². The van der Waals surface area contributed by atoms with Crippen molar-refractivity contribution < 1.29 is 0 Å². The molecule has 0 aliphatic carbocycles. The van der Waals surface area contributed by atoms with Crippen LogP contribution in [-0.2, 0) is 13.1 Å². The van der Waals surface area contributed by atoms with Crippen LogP contribution >= 0.6 is 0 Å². The average Bonchev–Trinajstić information content (AvgIpc) is 2.30. The Labute approximate surface area is 112 Å². The zero-order chi connectivity index (χ0) is 13.5. The van der Waals surface area contributed by atoms with Gasteiger partial charge < -0.3 is 5.32 Å². The Bertz CT molecular complexity index is 327. The van der Waals surface area contributed by atoms with E-state index in [1.165, 1.54) is 11.1 Å². The third kappa shape index (κ3) is 5.19. The fourth-order valence-corrected chi connectivity index (χ4v) is 2.13. The molecule has 2 heteroatoms. The van der Waals surface area contributed by atoms with Crippen molar-refractivity contribution in [3.8, 4) is 0 Å². The van der Waals surface area contributed by atoms with Crippen molar-refractivity contribution in [2.24, 2.45) is 5.92 Å². The van der Waals surface area contributed by atoms with Gasteiger partial charge in [0, 0.05) is 25.7 Å². The van der Waals surface area contributed by atoms with Crippen LogP contribution in [0.5, 0.6) is 0 Å². The first-order chi connectivity index (χ1) is 8.52. The van der Waals surface area contributed by atoms with E-state index in [1.807, 2.05) is 7.05 Å². The summed E-state index contributed by atoms with van der Waals surface area (Å²) in [4.78, 5) is 2.54. The lowest BCUT2D eigenvalue weighted by Crippen LogP contribution is -2.33. The van der Waals surface area contributed by atoms with Gasteiger partial charge in [0.05, 0.1) is 0 Å². The van der Waals surface area contributed by atoms with Crippen molar-refractivity contribution in [3.05, 3.63) is 35.4 Å². The van der Waals surface area contributed by atoms with Crippen LogP contribution < -0.4 is 5.32 Å². The van der Waals surface area contributed by atoms with Crippen molar-refractivity contribution in [1.82, 2.24) is 10.2 Å². The van der Waals surface area contributed by atoms with E-state index in [1.54, 1.807) is 0 Å². The van der Waals surface area contributed by atoms with Crippen LogP contribution in [0.25, 0.3) is 0 Å². The summed E-state index contributed by atoms with van der Waals surface area (Å²) >= 11 is 0. The molecule has 102 valence electrons. The normalized spacial score (nSPS) is 11.8. The molecule has 0 atom stereocenters. The van der Waals surface area contributed by atoms with Gasteiger partial charge in [-0.25, -0.2) is 0 Å². The highest BCUT2D eigenvalue weighted by atomic mass is 15.1. The quantitative estimate of drug-likeness (QED) is 0.796. The SMILES string of the molecule is CNCc1ccc(CN(CC(C)C)C(C)C)cc1. The van der Waals surface area contributed by atoms with Crippen LogP contribution in [0.2, 0.25) is 0 Å². The smallest absolute Gasteiger partial charge is 0.0236 e. The second-order valence-electron chi connectivity index (χ2n) is 5.76. The Morgan fingerprint density at radius 1 is 1.00 bits per heavy atom. The van der Waals surface area contributed by atoms with Gasteiger partial charge in [0.1, 0.15) is 0 Å². The van der Waals surface area contributed by atoms with Gasteiger partial charge in [0.25, 0.3) is 0 Å². The van der Waals surface area contributed by atoms with Gasteiger partial charge in [-0.3, -0.25) is 4.90 Å². The summed E-state index contributed by atoms with van der Waals surface area (Å²) in [6.07, 6.45) is 0. The first-order valence-corrected chi connectivity index (χ1v) is 6.99. The molecule has 0 spiro atoms. The van der Waals surface area contributed by atoms with Crippen LogP contribution in [0, 0.1) is 5.92 Å². The molecule has 0 heterocycles. The topological polar surface area (TPSA) is 15.3 Å². The number of nitrogens with zero attached hydrogens (tertiary/aromatic N) is 1. The van der Waals surface area contributed by atoms with Crippen LogP contribution in [0.1, 0.15) is 38.8 Å². The molecule has 0 saturated heterocycles. The Morgan fingerprint density at radius 3 is 2.00 bits per heavy atom. The third-order valence-corrected chi connectivity index (χ3v) is 3.12. The molecule has 0 fully saturated rings. The van der Waals surface area contributed by atoms with Gasteiger partial charge in [-0.15, -0.1) is 0 Å². The third-order valence-electron chi connectivity index (χ3n) is 3.12. The zero-order valence-corrected chi connectivity index (χ0v) is 12.5. The lowest BCUT2D eigenvalue weighted by Gasteiger charge is -2.28. The van der Waals surface area contributed by atoms with Crippen molar-refractivity contribution in [1.29, 1.82) is 0 Å². The minimum Gasteiger partial charge on any atom is -0.316 e. The van der Waals surface area contributed by atoms with E-state index in [0.717, 1.165) is 25.6 Å². The summed E-state index contributed by atoms with van der Waals surface area (Å²) in [6.45, 7) is 12.3. The molecule has 0 unspecified atom stereocenters. The maximum Gasteiger partial charge on any atom is 0.0236 e. The van der Waals surface area contributed by atoms with Gasteiger partial charge >= 0.3 is 0 Å². The van der Waals surface area contributed by atoms with E-state index < -0.39 is 0 Å². The number of rotatable bonds is 7. The highest BCUT2D eigenvalue weighted by Crippen LogP contribution is 2.12. The molecule has 0 radical (unpaired) electrons. The highest BCUT2D eigenvalue weighted by molar-refractivity contribution is 5.22. The van der Waals surface area contributed by atoms with Crippen LogP contribution in [0.15, 0.2) is 24.3 Å². The molecule has 1 aromatic rings. The van der Waals surface area contributed by atoms with E-state index in [0.29, 0.717) is 6.04 Å². The van der Waals surface area contributed by atoms with Crippen LogP contribution in [0.4, 0.5) is 0 Å². The molecule has 1 N–H and O–H groups in total. The maximum atomic E-state index is 3.18. The van der Waals surface area contributed by atoms with Gasteiger partial charge in [0.15, 0.2) is 0 Å². The monoisotopic (exact) mass is 248 g/mol. The average molecular weight is 248 g/mol. The molecule has 18 heavy (non-hydrogen) atoms. The zero-order valence-electron chi connectivity index (χ0n) is 12.5. The summed E-state index contributed by atoms with van der Waals surface area (Å²) in [6, 6.07) is 9.55. The largest absolute Gasteiger partial charge is 0.316 e. The summed E-state index contributed by atoms with van der Waals surface area (Å²) in [5.74, 6) is 0.718. The molecule has 0 aliphatic rings. The first-order valence-electron chi connectivity index (χ1n) is 6.99. The molecular formula is C16H28N2. The van der Waals surface area contributed by atoms with E-state index >= 15 is 0 Å². The molecule has 1 rings (SSSR count). The minimum absolute atomic E-state index is 0.601. The Balaban J connectivity index is 2.63. The molecule has 1 aromatic carbocycles. The summed E-state index contributed by atoms with van der Waals surface area (Å²) in [5, 5.41) is 3.18. The summed E-state index contributed by atoms with van der Waals surface area (Å²) in [5.41, 5.74) is 2.76. The van der Waals surface area contributed by atoms with Gasteiger partial charge in [-0.2, -0.15) is 0 Å². The van der Waals surface area contributed by atoms with E-state index in [2.05, 4.69) is 62.2 Å². The summed E-state index contributed by atoms with van der Waals surface area (Å²) < 4.78 is 0. The fraction of sp³-hybridized carbons (Fsp3) is 0.625. The number of nitrogens with one attached hydrogen (secondary N) is 1. The van der Waals surface area contributed by atoms with Gasteiger partial charge in [-0.1, -0.05) is 38.1 Å². The molecule has 0 aromatic heterocycles. The van der Waals surface area contributed by atoms with E-state index in [-0.39, 0.29) is 0 Å². The molecule has 2 nitrogen and oxygen atoms in total. The van der Waals surface area contributed by atoms with Gasteiger partial charge in [-0.05, 0) is 37.9 Å². The van der Waals surface area contributed by atoms with E-state index in [4.69, 9.17) is 0 Å². The first kappa shape index (κ1) is 15.2. The van der Waals surface area contributed by atoms with Crippen molar-refractivity contribution in [2.75, 3.05) is 13.6 Å². The number of benzene rings is 1. The standard InChI is InChI=1S/C16H28N2/c1-13(2)11-18(14(3)4)12-16-8-6-15(7-9-16)10-17-5/h6-9,13-14,17H,10-12H2,1-5H3. The van der Waals surface area contributed by atoms with Gasteiger partial charge in [0.2, 0.25) is 0 Å². The minimum atomic E-state index is 0.601. The molecular weight excluding hydrogens is 220 g/mol. The molecule has 0 bridgehead atoms. The van der Waals surface area contributed by atoms with E-state index in [9.17, 15) is 0 Å². The van der Waals surface area contributed by atoms with Crippen LogP contribution in [0.3, 0.4) is 0 Å². The lowest BCUT2D eigenvalue weighted by atomic mass is 10.1. The Hall–Kier alpha value is -0.860. The molecule has 0 aliphatic heterocycles. The van der Waals surface area contributed by atoms with Crippen molar-refractivity contribution in [3.63, 3.8) is 0 Å². The fourth-order valence-electron chi connectivity index (χ4n) is 2.13. The second-order valence-corrected chi connectivity index (χ2v) is 5.76. The highest BCUT2D eigenvalue weighted by Gasteiger charge is 2.11.